The number of hydrazine groups is 1. The third-order valence-electron chi connectivity index (χ3n) is 2.79. The first-order valence-electron chi connectivity index (χ1n) is 5.88. The summed E-state index contributed by atoms with van der Waals surface area (Å²) < 4.78 is 37.8. The van der Waals surface area contributed by atoms with Gasteiger partial charge in [0.15, 0.2) is 5.01 Å². The maximum atomic E-state index is 12.6. The molecule has 7 heteroatoms. The number of hydrogen-bond acceptors (Lipinski definition) is 4. The molecule has 0 aliphatic rings. The van der Waals surface area contributed by atoms with Gasteiger partial charge in [-0.2, -0.15) is 13.2 Å². The second-order valence-electron chi connectivity index (χ2n) is 4.59. The summed E-state index contributed by atoms with van der Waals surface area (Å²) in [6.07, 6.45) is -3.21. The van der Waals surface area contributed by atoms with Crippen LogP contribution in [-0.4, -0.2) is 4.98 Å². The lowest BCUT2D eigenvalue weighted by Gasteiger charge is -2.15. The molecule has 2 rings (SSSR count). The molecule has 1 unspecified atom stereocenters. The Morgan fingerprint density at radius 2 is 1.80 bits per heavy atom. The summed E-state index contributed by atoms with van der Waals surface area (Å²) in [5.74, 6) is 5.50. The minimum atomic E-state index is -4.43. The lowest BCUT2D eigenvalue weighted by Crippen LogP contribution is -2.28. The molecule has 0 saturated heterocycles. The minimum absolute atomic E-state index is 0.435. The number of thiazole rings is 1. The maximum absolute atomic E-state index is 12.6. The van der Waals surface area contributed by atoms with Gasteiger partial charge < -0.3 is 0 Å². The number of aryl methyl sites for hydroxylation is 2. The van der Waals surface area contributed by atoms with Crippen molar-refractivity contribution >= 4 is 11.3 Å². The summed E-state index contributed by atoms with van der Waals surface area (Å²) in [6.45, 7) is 3.86. The number of nitrogens with two attached hydrogens (primary N) is 1. The van der Waals surface area contributed by atoms with E-state index < -0.39 is 17.2 Å². The van der Waals surface area contributed by atoms with Crippen LogP contribution in [0.25, 0.3) is 0 Å². The first-order chi connectivity index (χ1) is 9.31. The number of nitrogens with one attached hydrogen (secondary N) is 1. The van der Waals surface area contributed by atoms with Crippen LogP contribution < -0.4 is 11.3 Å². The van der Waals surface area contributed by atoms with E-state index in [2.05, 4.69) is 10.4 Å². The first kappa shape index (κ1) is 15.0. The van der Waals surface area contributed by atoms with Crippen molar-refractivity contribution in [2.24, 2.45) is 5.84 Å². The number of halogens is 3. The van der Waals surface area contributed by atoms with Gasteiger partial charge in [0.05, 0.1) is 6.04 Å². The van der Waals surface area contributed by atoms with Crippen LogP contribution in [0.4, 0.5) is 13.2 Å². The number of alkyl halides is 3. The molecule has 3 N–H and O–H groups in total. The van der Waals surface area contributed by atoms with Gasteiger partial charge in [-0.1, -0.05) is 29.3 Å². The molecule has 3 nitrogen and oxygen atoms in total. The topological polar surface area (TPSA) is 50.9 Å². The summed E-state index contributed by atoms with van der Waals surface area (Å²) >= 11 is 0.600. The number of rotatable bonds is 3. The van der Waals surface area contributed by atoms with E-state index in [0.29, 0.717) is 16.2 Å². The summed E-state index contributed by atoms with van der Waals surface area (Å²) in [4.78, 5) is 3.86. The third kappa shape index (κ3) is 3.17. The number of aromatic nitrogens is 1. The van der Waals surface area contributed by atoms with Crippen molar-refractivity contribution in [2.75, 3.05) is 0 Å². The molecule has 0 aliphatic heterocycles. The maximum Gasteiger partial charge on any atom is 0.443 e. The summed E-state index contributed by atoms with van der Waals surface area (Å²) in [6, 6.07) is 5.28. The van der Waals surface area contributed by atoms with Crippen molar-refractivity contribution in [1.29, 1.82) is 0 Å². The zero-order chi connectivity index (χ0) is 14.9. The largest absolute Gasteiger partial charge is 0.443 e. The monoisotopic (exact) mass is 301 g/mol. The molecule has 0 aliphatic carbocycles. The molecule has 0 fully saturated rings. The second-order valence-corrected chi connectivity index (χ2v) is 5.65. The normalized spacial score (nSPS) is 13.5. The predicted molar refractivity (Wildman–Crippen MR) is 72.2 cm³/mol. The molecular formula is C13H14F3N3S. The number of benzene rings is 1. The van der Waals surface area contributed by atoms with Crippen LogP contribution >= 0.6 is 11.3 Å². The Morgan fingerprint density at radius 3 is 2.25 bits per heavy atom. The summed E-state index contributed by atoms with van der Waals surface area (Å²) in [5.41, 5.74) is 5.44. The Bertz CT molecular complexity index is 587. The molecular weight excluding hydrogens is 287 g/mol. The standard InChI is InChI=1S/C13H14F3N3S/c1-7-3-8(2)5-9(4-7)11(19-17)10-6-18-12(20-10)13(14,15)16/h3-6,11,19H,17H2,1-2H3. The van der Waals surface area contributed by atoms with Crippen molar-refractivity contribution in [3.05, 3.63) is 51.0 Å². The van der Waals surface area contributed by atoms with Crippen LogP contribution in [0.1, 0.15) is 32.6 Å². The van der Waals surface area contributed by atoms with Crippen molar-refractivity contribution in [1.82, 2.24) is 10.4 Å². The van der Waals surface area contributed by atoms with Crippen LogP contribution in [0.2, 0.25) is 0 Å². The van der Waals surface area contributed by atoms with Gasteiger partial charge in [-0.05, 0) is 19.4 Å². The van der Waals surface area contributed by atoms with E-state index in [9.17, 15) is 13.2 Å². The lowest BCUT2D eigenvalue weighted by atomic mass is 10.0. The van der Waals surface area contributed by atoms with E-state index in [1.807, 2.05) is 32.0 Å². The Hall–Kier alpha value is -1.44. The summed E-state index contributed by atoms with van der Waals surface area (Å²) in [5, 5.41) is -0.864. The molecule has 20 heavy (non-hydrogen) atoms. The number of nitrogens with zero attached hydrogens (tertiary/aromatic N) is 1. The van der Waals surface area contributed by atoms with Gasteiger partial charge >= 0.3 is 6.18 Å². The highest BCUT2D eigenvalue weighted by atomic mass is 32.1. The highest BCUT2D eigenvalue weighted by Crippen LogP contribution is 2.36. The molecule has 0 spiro atoms. The molecule has 1 aromatic carbocycles. The van der Waals surface area contributed by atoms with E-state index in [0.717, 1.165) is 16.7 Å². The molecule has 0 saturated carbocycles. The lowest BCUT2D eigenvalue weighted by molar-refractivity contribution is -0.137. The highest BCUT2D eigenvalue weighted by Gasteiger charge is 2.35. The SMILES string of the molecule is Cc1cc(C)cc(C(NN)c2cnc(C(F)(F)F)s2)c1. The van der Waals surface area contributed by atoms with Gasteiger partial charge in [-0.25, -0.2) is 10.4 Å². The molecule has 1 heterocycles. The van der Waals surface area contributed by atoms with E-state index in [-0.39, 0.29) is 0 Å². The average Bonchev–Trinajstić information content (AvgIpc) is 2.77. The van der Waals surface area contributed by atoms with E-state index in [1.165, 1.54) is 6.20 Å². The smallest absolute Gasteiger partial charge is 0.271 e. The Kier molecular flexibility index (Phi) is 4.12. The van der Waals surface area contributed by atoms with Crippen LogP contribution in [-0.2, 0) is 6.18 Å². The molecule has 0 radical (unpaired) electrons. The Morgan fingerprint density at radius 1 is 1.20 bits per heavy atom. The van der Waals surface area contributed by atoms with E-state index in [4.69, 9.17) is 5.84 Å². The molecule has 108 valence electrons. The molecule has 0 amide bonds. The fraction of sp³-hybridized carbons (Fsp3) is 0.308. The van der Waals surface area contributed by atoms with Gasteiger partial charge in [0.1, 0.15) is 0 Å². The van der Waals surface area contributed by atoms with Crippen molar-refractivity contribution < 1.29 is 13.2 Å². The van der Waals surface area contributed by atoms with Crippen LogP contribution in [0.15, 0.2) is 24.4 Å². The third-order valence-corrected chi connectivity index (χ3v) is 3.90. The van der Waals surface area contributed by atoms with Gasteiger partial charge in [0.2, 0.25) is 0 Å². The van der Waals surface area contributed by atoms with Gasteiger partial charge in [-0.15, -0.1) is 11.3 Å². The van der Waals surface area contributed by atoms with Crippen LogP contribution in [0.3, 0.4) is 0 Å². The quantitative estimate of drug-likeness (QED) is 0.675. The van der Waals surface area contributed by atoms with Crippen molar-refractivity contribution in [3.8, 4) is 0 Å². The molecule has 1 aromatic heterocycles. The zero-order valence-corrected chi connectivity index (χ0v) is 11.8. The Labute approximate surface area is 118 Å². The molecule has 1 atom stereocenters. The molecule has 0 bridgehead atoms. The highest BCUT2D eigenvalue weighted by molar-refractivity contribution is 7.11. The van der Waals surface area contributed by atoms with Gasteiger partial charge in [0, 0.05) is 11.1 Å². The van der Waals surface area contributed by atoms with Crippen LogP contribution in [0.5, 0.6) is 0 Å². The minimum Gasteiger partial charge on any atom is -0.271 e. The van der Waals surface area contributed by atoms with Crippen LogP contribution in [0, 0.1) is 13.8 Å². The fourth-order valence-corrected chi connectivity index (χ4v) is 2.94. The summed E-state index contributed by atoms with van der Waals surface area (Å²) in [7, 11) is 0. The fourth-order valence-electron chi connectivity index (χ4n) is 2.07. The van der Waals surface area contributed by atoms with Gasteiger partial charge in [-0.3, -0.25) is 5.84 Å². The van der Waals surface area contributed by atoms with Gasteiger partial charge in [0.25, 0.3) is 0 Å². The zero-order valence-electron chi connectivity index (χ0n) is 11.0. The Balaban J connectivity index is 2.39. The first-order valence-corrected chi connectivity index (χ1v) is 6.70. The van der Waals surface area contributed by atoms with Crippen molar-refractivity contribution in [2.45, 2.75) is 26.1 Å². The average molecular weight is 301 g/mol. The van der Waals surface area contributed by atoms with Crippen molar-refractivity contribution in [3.63, 3.8) is 0 Å². The van der Waals surface area contributed by atoms with E-state index in [1.54, 1.807) is 0 Å². The second kappa shape index (κ2) is 5.51. The molecule has 2 aromatic rings. The van der Waals surface area contributed by atoms with E-state index >= 15 is 0 Å². The predicted octanol–water partition coefficient (Wildman–Crippen LogP) is 3.33. The number of hydrogen-bond donors (Lipinski definition) is 2.